The zero-order valence-electron chi connectivity index (χ0n) is 14.4. The fourth-order valence-electron chi connectivity index (χ4n) is 3.16. The van der Waals surface area contributed by atoms with Crippen molar-refractivity contribution < 1.29 is 14.3 Å². The molecule has 1 aromatic heterocycles. The molecule has 0 amide bonds. The first kappa shape index (κ1) is 16.3. The van der Waals surface area contributed by atoms with Gasteiger partial charge in [0, 0.05) is 13.0 Å². The average molecular weight is 350 g/mol. The number of hydrogen-bond acceptors (Lipinski definition) is 5. The average Bonchev–Trinajstić information content (AvgIpc) is 3.15. The van der Waals surface area contributed by atoms with Crippen molar-refractivity contribution in [3.05, 3.63) is 69.8 Å². The lowest BCUT2D eigenvalue weighted by Crippen LogP contribution is -2.21. The second-order valence-electron chi connectivity index (χ2n) is 6.24. The van der Waals surface area contributed by atoms with Gasteiger partial charge in [0.2, 0.25) is 0 Å². The van der Waals surface area contributed by atoms with Crippen LogP contribution in [-0.4, -0.2) is 22.6 Å². The molecule has 1 aliphatic heterocycles. The van der Waals surface area contributed by atoms with Gasteiger partial charge in [-0.2, -0.15) is 0 Å². The first-order valence-corrected chi connectivity index (χ1v) is 8.49. The molecule has 0 unspecified atom stereocenters. The molecule has 0 fully saturated rings. The molecule has 0 atom stereocenters. The highest BCUT2D eigenvalue weighted by Crippen LogP contribution is 2.17. The van der Waals surface area contributed by atoms with E-state index >= 15 is 0 Å². The van der Waals surface area contributed by atoms with Crippen LogP contribution >= 0.6 is 0 Å². The Morgan fingerprint density at radius 3 is 2.77 bits per heavy atom. The van der Waals surface area contributed by atoms with Gasteiger partial charge in [-0.15, -0.1) is 0 Å². The molecule has 0 spiro atoms. The number of hydrogen-bond donors (Lipinski definition) is 0. The fraction of sp³-hybridized carbons (Fsp3) is 0.250. The number of methoxy groups -OCH3 is 1. The zero-order chi connectivity index (χ0) is 18.1. The Bertz CT molecular complexity index is 1040. The number of ether oxygens (including phenoxy) is 2. The molecule has 6 nitrogen and oxygen atoms in total. The summed E-state index contributed by atoms with van der Waals surface area (Å²) in [5.74, 6) is 1.09. The number of benzene rings is 2. The van der Waals surface area contributed by atoms with Crippen LogP contribution in [0.3, 0.4) is 0 Å². The molecule has 0 radical (unpaired) electrons. The first-order chi connectivity index (χ1) is 12.7. The van der Waals surface area contributed by atoms with E-state index in [1.807, 2.05) is 24.3 Å². The second-order valence-corrected chi connectivity index (χ2v) is 6.24. The minimum Gasteiger partial charge on any atom is -0.497 e. The SMILES string of the molecule is COc1ccc(COC(=O)c2ccc3c(=O)n4c(nc3c2)CCC4)cc1. The molecule has 0 saturated heterocycles. The van der Waals surface area contributed by atoms with Crippen LogP contribution in [0.2, 0.25) is 0 Å². The fourth-order valence-corrected chi connectivity index (χ4v) is 3.16. The summed E-state index contributed by atoms with van der Waals surface area (Å²) in [4.78, 5) is 29.3. The molecule has 0 aliphatic carbocycles. The van der Waals surface area contributed by atoms with E-state index in [0.717, 1.165) is 30.0 Å². The molecule has 0 bridgehead atoms. The smallest absolute Gasteiger partial charge is 0.338 e. The summed E-state index contributed by atoms with van der Waals surface area (Å²) in [7, 11) is 1.60. The molecular weight excluding hydrogens is 332 g/mol. The van der Waals surface area contributed by atoms with Gasteiger partial charge in [0.25, 0.3) is 5.56 Å². The lowest BCUT2D eigenvalue weighted by Gasteiger charge is -2.08. The van der Waals surface area contributed by atoms with Gasteiger partial charge < -0.3 is 9.47 Å². The normalized spacial score (nSPS) is 12.8. The predicted octanol–water partition coefficient (Wildman–Crippen LogP) is 2.71. The van der Waals surface area contributed by atoms with Crippen LogP contribution in [0.5, 0.6) is 5.75 Å². The van der Waals surface area contributed by atoms with Crippen molar-refractivity contribution in [1.29, 1.82) is 0 Å². The summed E-state index contributed by atoms with van der Waals surface area (Å²) < 4.78 is 12.2. The Morgan fingerprint density at radius 1 is 1.19 bits per heavy atom. The topological polar surface area (TPSA) is 70.4 Å². The molecule has 3 aromatic rings. The maximum absolute atomic E-state index is 12.5. The number of carbonyl (C=O) groups is 1. The maximum atomic E-state index is 12.5. The third kappa shape index (κ3) is 2.94. The highest BCUT2D eigenvalue weighted by Gasteiger charge is 2.17. The molecule has 0 saturated carbocycles. The summed E-state index contributed by atoms with van der Waals surface area (Å²) in [6.07, 6.45) is 1.71. The minimum atomic E-state index is -0.440. The third-order valence-corrected chi connectivity index (χ3v) is 4.58. The summed E-state index contributed by atoms with van der Waals surface area (Å²) in [6, 6.07) is 12.2. The largest absolute Gasteiger partial charge is 0.497 e. The number of aromatic nitrogens is 2. The summed E-state index contributed by atoms with van der Waals surface area (Å²) in [5.41, 5.74) is 1.76. The van der Waals surface area contributed by atoms with Crippen molar-refractivity contribution in [3.63, 3.8) is 0 Å². The highest BCUT2D eigenvalue weighted by atomic mass is 16.5. The van der Waals surface area contributed by atoms with Crippen LogP contribution in [0.15, 0.2) is 47.3 Å². The van der Waals surface area contributed by atoms with Gasteiger partial charge in [0.15, 0.2) is 0 Å². The number of carbonyl (C=O) groups excluding carboxylic acids is 1. The Morgan fingerprint density at radius 2 is 2.00 bits per heavy atom. The molecule has 132 valence electrons. The van der Waals surface area contributed by atoms with Crippen molar-refractivity contribution in [2.24, 2.45) is 0 Å². The standard InChI is InChI=1S/C20H18N2O4/c1-25-15-7-4-13(5-8-15)12-26-20(24)14-6-9-16-17(11-14)21-18-3-2-10-22(18)19(16)23/h4-9,11H,2-3,10,12H2,1H3. The molecule has 1 aliphatic rings. The van der Waals surface area contributed by atoms with Gasteiger partial charge in [-0.3, -0.25) is 9.36 Å². The molecule has 26 heavy (non-hydrogen) atoms. The highest BCUT2D eigenvalue weighted by molar-refractivity contribution is 5.94. The van der Waals surface area contributed by atoms with Crippen molar-refractivity contribution in [2.75, 3.05) is 7.11 Å². The first-order valence-electron chi connectivity index (χ1n) is 8.49. The Labute approximate surface area is 150 Å². The third-order valence-electron chi connectivity index (χ3n) is 4.58. The molecule has 0 N–H and O–H groups in total. The number of nitrogens with zero attached hydrogens (tertiary/aromatic N) is 2. The van der Waals surface area contributed by atoms with Crippen molar-refractivity contribution >= 4 is 16.9 Å². The van der Waals surface area contributed by atoms with Gasteiger partial charge in [-0.25, -0.2) is 9.78 Å². The summed E-state index contributed by atoms with van der Waals surface area (Å²) >= 11 is 0. The molecular formula is C20H18N2O4. The van der Waals surface area contributed by atoms with E-state index in [1.165, 1.54) is 0 Å². The van der Waals surface area contributed by atoms with E-state index in [0.29, 0.717) is 23.0 Å². The molecule has 6 heteroatoms. The number of aryl methyl sites for hydroxylation is 1. The van der Waals surface area contributed by atoms with Gasteiger partial charge in [0.1, 0.15) is 18.2 Å². The second kappa shape index (κ2) is 6.63. The molecule has 4 rings (SSSR count). The van der Waals surface area contributed by atoms with Gasteiger partial charge in [-0.05, 0) is 42.3 Å². The van der Waals surface area contributed by atoms with E-state index in [4.69, 9.17) is 9.47 Å². The van der Waals surface area contributed by atoms with Gasteiger partial charge in [-0.1, -0.05) is 12.1 Å². The van der Waals surface area contributed by atoms with Gasteiger partial charge in [0.05, 0.1) is 23.6 Å². The zero-order valence-corrected chi connectivity index (χ0v) is 14.4. The summed E-state index contributed by atoms with van der Waals surface area (Å²) in [5, 5.41) is 0.530. The van der Waals surface area contributed by atoms with Crippen LogP contribution < -0.4 is 10.3 Å². The van der Waals surface area contributed by atoms with Crippen LogP contribution in [0, 0.1) is 0 Å². The Balaban J connectivity index is 1.55. The predicted molar refractivity (Wildman–Crippen MR) is 96.4 cm³/mol. The monoisotopic (exact) mass is 350 g/mol. The van der Waals surface area contributed by atoms with E-state index in [-0.39, 0.29) is 12.2 Å². The van der Waals surface area contributed by atoms with Crippen molar-refractivity contribution in [3.8, 4) is 5.75 Å². The van der Waals surface area contributed by atoms with Crippen LogP contribution in [0.25, 0.3) is 10.9 Å². The Hall–Kier alpha value is -3.15. The van der Waals surface area contributed by atoms with E-state index in [1.54, 1.807) is 29.9 Å². The summed E-state index contributed by atoms with van der Waals surface area (Å²) in [6.45, 7) is 0.879. The van der Waals surface area contributed by atoms with Crippen molar-refractivity contribution in [1.82, 2.24) is 9.55 Å². The van der Waals surface area contributed by atoms with Crippen LogP contribution in [-0.2, 0) is 24.3 Å². The molecule has 2 aromatic carbocycles. The Kier molecular flexibility index (Phi) is 4.16. The van der Waals surface area contributed by atoms with E-state index < -0.39 is 5.97 Å². The van der Waals surface area contributed by atoms with Crippen LogP contribution in [0.4, 0.5) is 0 Å². The quantitative estimate of drug-likeness (QED) is 0.677. The lowest BCUT2D eigenvalue weighted by molar-refractivity contribution is 0.0473. The number of esters is 1. The number of rotatable bonds is 4. The van der Waals surface area contributed by atoms with Crippen molar-refractivity contribution in [2.45, 2.75) is 26.0 Å². The van der Waals surface area contributed by atoms with Gasteiger partial charge >= 0.3 is 5.97 Å². The lowest BCUT2D eigenvalue weighted by atomic mass is 10.1. The van der Waals surface area contributed by atoms with Crippen LogP contribution in [0.1, 0.15) is 28.2 Å². The van der Waals surface area contributed by atoms with E-state index in [2.05, 4.69) is 4.98 Å². The molecule has 2 heterocycles. The number of fused-ring (bicyclic) bond motifs is 2. The minimum absolute atomic E-state index is 0.0411. The van der Waals surface area contributed by atoms with E-state index in [9.17, 15) is 9.59 Å². The maximum Gasteiger partial charge on any atom is 0.338 e.